The number of H-pyrrole nitrogens is 1. The first kappa shape index (κ1) is 15.4. The molecule has 126 valence electrons. The highest BCUT2D eigenvalue weighted by atomic mass is 19.1. The number of nitrogens with one attached hydrogen (secondary N) is 2. The highest BCUT2D eigenvalue weighted by Gasteiger charge is 2.19. The van der Waals surface area contributed by atoms with Gasteiger partial charge in [-0.05, 0) is 48.4 Å². The number of carbonyl (C=O) groups is 1. The molecule has 1 aromatic carbocycles. The normalized spacial score (nSPS) is 14.4. The Balaban J connectivity index is 1.46. The molecule has 2 N–H and O–H groups in total. The van der Waals surface area contributed by atoms with E-state index in [4.69, 9.17) is 0 Å². The van der Waals surface area contributed by atoms with Crippen LogP contribution in [-0.4, -0.2) is 34.0 Å². The summed E-state index contributed by atoms with van der Waals surface area (Å²) in [5, 5.41) is 3.89. The van der Waals surface area contributed by atoms with Crippen molar-refractivity contribution < 1.29 is 9.18 Å². The molecule has 2 aromatic heterocycles. The standard InChI is InChI=1S/C19H17FN4O/c20-14-3-5-15(6-4-14)23-19(25)24-10-7-13(8-11-24)17-12-22-18-16(17)2-1-9-21-18/h1-7,9,12H,8,10-11H2,(H,21,22)(H,23,25). The lowest BCUT2D eigenvalue weighted by Gasteiger charge is -2.26. The SMILES string of the molecule is O=C(Nc1ccc(F)cc1)N1CC=C(c2c[nH]c3ncccc23)CC1. The van der Waals surface area contributed by atoms with Gasteiger partial charge in [-0.15, -0.1) is 0 Å². The van der Waals surface area contributed by atoms with Crippen molar-refractivity contribution in [1.82, 2.24) is 14.9 Å². The first-order valence-electron chi connectivity index (χ1n) is 8.14. The van der Waals surface area contributed by atoms with Crippen LogP contribution in [0.1, 0.15) is 12.0 Å². The fourth-order valence-electron chi connectivity index (χ4n) is 3.06. The van der Waals surface area contributed by atoms with E-state index in [0.717, 1.165) is 23.0 Å². The average molecular weight is 336 g/mol. The fraction of sp³-hybridized carbons (Fsp3) is 0.158. The monoisotopic (exact) mass is 336 g/mol. The number of fused-ring (bicyclic) bond motifs is 1. The number of hydrogen-bond acceptors (Lipinski definition) is 2. The number of pyridine rings is 1. The molecule has 0 spiro atoms. The van der Waals surface area contributed by atoms with Crippen molar-refractivity contribution in [3.8, 4) is 0 Å². The second kappa shape index (κ2) is 6.39. The topological polar surface area (TPSA) is 61.0 Å². The van der Waals surface area contributed by atoms with Gasteiger partial charge in [-0.2, -0.15) is 0 Å². The molecule has 0 radical (unpaired) electrons. The molecule has 0 saturated heterocycles. The zero-order valence-corrected chi connectivity index (χ0v) is 13.5. The number of amides is 2. The first-order chi connectivity index (χ1) is 12.2. The summed E-state index contributed by atoms with van der Waals surface area (Å²) in [6.45, 7) is 1.17. The molecule has 5 nitrogen and oxygen atoms in total. The summed E-state index contributed by atoms with van der Waals surface area (Å²) in [6, 6.07) is 9.55. The number of rotatable bonds is 2. The maximum absolute atomic E-state index is 12.9. The molecule has 0 bridgehead atoms. The summed E-state index contributed by atoms with van der Waals surface area (Å²) >= 11 is 0. The second-order valence-corrected chi connectivity index (χ2v) is 5.96. The van der Waals surface area contributed by atoms with Gasteiger partial charge in [0.05, 0.1) is 0 Å². The van der Waals surface area contributed by atoms with E-state index in [1.54, 1.807) is 23.2 Å². The van der Waals surface area contributed by atoms with Gasteiger partial charge in [0.25, 0.3) is 0 Å². The van der Waals surface area contributed by atoms with E-state index in [0.29, 0.717) is 18.8 Å². The van der Waals surface area contributed by atoms with Crippen molar-refractivity contribution in [2.45, 2.75) is 6.42 Å². The molecule has 0 saturated carbocycles. The Hall–Kier alpha value is -3.15. The molecule has 25 heavy (non-hydrogen) atoms. The van der Waals surface area contributed by atoms with E-state index in [1.165, 1.54) is 17.7 Å². The average Bonchev–Trinajstić information content (AvgIpc) is 3.08. The Labute approximate surface area is 144 Å². The van der Waals surface area contributed by atoms with Crippen LogP contribution in [0.2, 0.25) is 0 Å². The molecule has 0 unspecified atom stereocenters. The summed E-state index contributed by atoms with van der Waals surface area (Å²) in [7, 11) is 0. The van der Waals surface area contributed by atoms with Gasteiger partial charge in [0, 0.05) is 42.1 Å². The number of nitrogens with zero attached hydrogens (tertiary/aromatic N) is 2. The van der Waals surface area contributed by atoms with E-state index >= 15 is 0 Å². The number of urea groups is 1. The number of aromatic nitrogens is 2. The zero-order chi connectivity index (χ0) is 17.2. The van der Waals surface area contributed by atoms with Crippen LogP contribution in [-0.2, 0) is 0 Å². The lowest BCUT2D eigenvalue weighted by Crippen LogP contribution is -2.37. The van der Waals surface area contributed by atoms with Crippen molar-refractivity contribution >= 4 is 28.3 Å². The van der Waals surface area contributed by atoms with Crippen LogP contribution in [0.4, 0.5) is 14.9 Å². The predicted molar refractivity (Wildman–Crippen MR) is 95.7 cm³/mol. The smallest absolute Gasteiger partial charge is 0.322 e. The van der Waals surface area contributed by atoms with Crippen molar-refractivity contribution in [2.75, 3.05) is 18.4 Å². The number of anilines is 1. The Morgan fingerprint density at radius 1 is 1.24 bits per heavy atom. The fourth-order valence-corrected chi connectivity index (χ4v) is 3.06. The maximum Gasteiger partial charge on any atom is 0.322 e. The minimum Gasteiger partial charge on any atom is -0.346 e. The van der Waals surface area contributed by atoms with Crippen molar-refractivity contribution in [3.05, 3.63) is 66.2 Å². The van der Waals surface area contributed by atoms with Gasteiger partial charge in [0.2, 0.25) is 0 Å². The van der Waals surface area contributed by atoms with Gasteiger partial charge < -0.3 is 15.2 Å². The van der Waals surface area contributed by atoms with Gasteiger partial charge >= 0.3 is 6.03 Å². The predicted octanol–water partition coefficient (Wildman–Crippen LogP) is 4.02. The van der Waals surface area contributed by atoms with Crippen LogP contribution in [0.3, 0.4) is 0 Å². The number of halogens is 1. The molecule has 4 rings (SSSR count). The van der Waals surface area contributed by atoms with E-state index in [2.05, 4.69) is 21.4 Å². The van der Waals surface area contributed by atoms with Crippen molar-refractivity contribution in [3.63, 3.8) is 0 Å². The second-order valence-electron chi connectivity index (χ2n) is 5.96. The molecule has 1 aliphatic rings. The number of aromatic amines is 1. The molecule has 1 aliphatic heterocycles. The minimum absolute atomic E-state index is 0.178. The zero-order valence-electron chi connectivity index (χ0n) is 13.5. The Kier molecular flexibility index (Phi) is 3.93. The Morgan fingerprint density at radius 3 is 2.84 bits per heavy atom. The Morgan fingerprint density at radius 2 is 2.08 bits per heavy atom. The summed E-state index contributed by atoms with van der Waals surface area (Å²) in [5.74, 6) is -0.322. The minimum atomic E-state index is -0.322. The van der Waals surface area contributed by atoms with Gasteiger partial charge in [-0.3, -0.25) is 0 Å². The number of hydrogen-bond donors (Lipinski definition) is 2. The van der Waals surface area contributed by atoms with Crippen molar-refractivity contribution in [1.29, 1.82) is 0 Å². The quantitative estimate of drug-likeness (QED) is 0.742. The molecular formula is C19H17FN4O. The molecule has 6 heteroatoms. The summed E-state index contributed by atoms with van der Waals surface area (Å²) in [4.78, 5) is 21.6. The largest absolute Gasteiger partial charge is 0.346 e. The lowest BCUT2D eigenvalue weighted by molar-refractivity contribution is 0.217. The van der Waals surface area contributed by atoms with E-state index < -0.39 is 0 Å². The number of benzene rings is 1. The molecular weight excluding hydrogens is 319 g/mol. The van der Waals surface area contributed by atoms with Crippen LogP contribution >= 0.6 is 0 Å². The van der Waals surface area contributed by atoms with E-state index in [1.807, 2.05) is 18.3 Å². The molecule has 3 aromatic rings. The molecule has 0 atom stereocenters. The van der Waals surface area contributed by atoms with E-state index in [-0.39, 0.29) is 11.8 Å². The molecule has 0 aliphatic carbocycles. The third-order valence-electron chi connectivity index (χ3n) is 4.39. The summed E-state index contributed by atoms with van der Waals surface area (Å²) in [6.07, 6.45) is 6.58. The van der Waals surface area contributed by atoms with Crippen LogP contribution in [0.15, 0.2) is 54.9 Å². The highest BCUT2D eigenvalue weighted by molar-refractivity contribution is 5.92. The number of carbonyl (C=O) groups excluding carboxylic acids is 1. The Bertz CT molecular complexity index is 945. The third-order valence-corrected chi connectivity index (χ3v) is 4.39. The third kappa shape index (κ3) is 3.10. The van der Waals surface area contributed by atoms with Gasteiger partial charge in [0.15, 0.2) is 0 Å². The summed E-state index contributed by atoms with van der Waals surface area (Å²) < 4.78 is 12.9. The maximum atomic E-state index is 12.9. The van der Waals surface area contributed by atoms with E-state index in [9.17, 15) is 9.18 Å². The van der Waals surface area contributed by atoms with Gasteiger partial charge in [0.1, 0.15) is 11.5 Å². The van der Waals surface area contributed by atoms with Crippen LogP contribution in [0, 0.1) is 5.82 Å². The lowest BCUT2D eigenvalue weighted by atomic mass is 10.00. The highest BCUT2D eigenvalue weighted by Crippen LogP contribution is 2.28. The molecule has 0 fully saturated rings. The van der Waals surface area contributed by atoms with Gasteiger partial charge in [-0.1, -0.05) is 6.08 Å². The van der Waals surface area contributed by atoms with Crippen LogP contribution < -0.4 is 5.32 Å². The van der Waals surface area contributed by atoms with Crippen molar-refractivity contribution in [2.24, 2.45) is 0 Å². The summed E-state index contributed by atoms with van der Waals surface area (Å²) in [5.41, 5.74) is 3.81. The van der Waals surface area contributed by atoms with Crippen LogP contribution in [0.5, 0.6) is 0 Å². The van der Waals surface area contributed by atoms with Crippen LogP contribution in [0.25, 0.3) is 16.6 Å². The van der Waals surface area contributed by atoms with Gasteiger partial charge in [-0.25, -0.2) is 14.2 Å². The first-order valence-corrected chi connectivity index (χ1v) is 8.14. The molecule has 2 amide bonds. The molecule has 3 heterocycles.